The molecule has 0 amide bonds. The van der Waals surface area contributed by atoms with E-state index in [2.05, 4.69) is 0 Å². The summed E-state index contributed by atoms with van der Waals surface area (Å²) in [5.41, 5.74) is 1.53. The molecule has 2 nitrogen and oxygen atoms in total. The number of benzene rings is 2. The van der Waals surface area contributed by atoms with Gasteiger partial charge >= 0.3 is 0 Å². The van der Waals surface area contributed by atoms with Crippen LogP contribution in [-0.2, 0) is 0 Å². The van der Waals surface area contributed by atoms with Crippen molar-refractivity contribution < 1.29 is 9.53 Å². The first-order valence-electron chi connectivity index (χ1n) is 5.81. The third-order valence-electron chi connectivity index (χ3n) is 2.65. The number of ketones is 1. The Morgan fingerprint density at radius 3 is 2.58 bits per heavy atom. The van der Waals surface area contributed by atoms with Crippen molar-refractivity contribution in [1.29, 1.82) is 0 Å². The van der Waals surface area contributed by atoms with Crippen LogP contribution in [0.4, 0.5) is 0 Å². The number of carbonyl (C=O) groups excluding carboxylic acids is 1. The van der Waals surface area contributed by atoms with Gasteiger partial charge in [0.05, 0.1) is 7.11 Å². The molecule has 0 aliphatic heterocycles. The molecule has 0 aliphatic carbocycles. The van der Waals surface area contributed by atoms with Gasteiger partial charge in [-0.1, -0.05) is 29.8 Å². The standard InChI is InChI=1S/C16H13ClO2/c1-19-15-4-2-3-12(11-15)5-10-16(18)13-6-8-14(17)9-7-13/h2-11H,1H3/b10-5+. The molecule has 19 heavy (non-hydrogen) atoms. The van der Waals surface area contributed by atoms with Gasteiger partial charge in [0.15, 0.2) is 5.78 Å². The van der Waals surface area contributed by atoms with Gasteiger partial charge in [-0.3, -0.25) is 4.79 Å². The molecule has 0 saturated carbocycles. The molecule has 0 aliphatic rings. The Bertz CT molecular complexity index is 600. The maximum Gasteiger partial charge on any atom is 0.185 e. The third kappa shape index (κ3) is 3.70. The molecule has 0 bridgehead atoms. The number of rotatable bonds is 4. The van der Waals surface area contributed by atoms with Gasteiger partial charge in [-0.25, -0.2) is 0 Å². The van der Waals surface area contributed by atoms with Gasteiger partial charge in [-0.2, -0.15) is 0 Å². The summed E-state index contributed by atoms with van der Waals surface area (Å²) in [7, 11) is 1.61. The van der Waals surface area contributed by atoms with Crippen molar-refractivity contribution in [3.8, 4) is 5.75 Å². The highest BCUT2D eigenvalue weighted by Crippen LogP contribution is 2.15. The number of hydrogen-bond donors (Lipinski definition) is 0. The van der Waals surface area contributed by atoms with Crippen LogP contribution in [0.25, 0.3) is 6.08 Å². The minimum absolute atomic E-state index is 0.0560. The molecule has 0 spiro atoms. The zero-order chi connectivity index (χ0) is 13.7. The Hall–Kier alpha value is -2.06. The molecule has 0 saturated heterocycles. The highest BCUT2D eigenvalue weighted by Gasteiger charge is 2.01. The maximum atomic E-state index is 11.9. The lowest BCUT2D eigenvalue weighted by atomic mass is 10.1. The van der Waals surface area contributed by atoms with Crippen molar-refractivity contribution in [1.82, 2.24) is 0 Å². The number of allylic oxidation sites excluding steroid dienone is 1. The zero-order valence-corrected chi connectivity index (χ0v) is 11.2. The van der Waals surface area contributed by atoms with Crippen LogP contribution in [0.1, 0.15) is 15.9 Å². The first kappa shape index (κ1) is 13.4. The number of hydrogen-bond acceptors (Lipinski definition) is 2. The predicted octanol–water partition coefficient (Wildman–Crippen LogP) is 4.24. The second-order valence-corrected chi connectivity index (χ2v) is 4.42. The van der Waals surface area contributed by atoms with E-state index in [1.165, 1.54) is 6.08 Å². The van der Waals surface area contributed by atoms with Crippen molar-refractivity contribution in [2.24, 2.45) is 0 Å². The number of ether oxygens (including phenoxy) is 1. The van der Waals surface area contributed by atoms with Crippen LogP contribution in [0.15, 0.2) is 54.6 Å². The summed E-state index contributed by atoms with van der Waals surface area (Å²) < 4.78 is 5.13. The van der Waals surface area contributed by atoms with E-state index < -0.39 is 0 Å². The van der Waals surface area contributed by atoms with Crippen LogP contribution in [0.2, 0.25) is 5.02 Å². The zero-order valence-electron chi connectivity index (χ0n) is 10.5. The van der Waals surface area contributed by atoms with Crippen molar-refractivity contribution in [2.75, 3.05) is 7.11 Å². The van der Waals surface area contributed by atoms with E-state index in [-0.39, 0.29) is 5.78 Å². The fraction of sp³-hybridized carbons (Fsp3) is 0.0625. The average Bonchev–Trinajstić information content (AvgIpc) is 2.46. The fourth-order valence-electron chi connectivity index (χ4n) is 1.63. The van der Waals surface area contributed by atoms with Crippen molar-refractivity contribution in [2.45, 2.75) is 0 Å². The van der Waals surface area contributed by atoms with E-state index in [1.807, 2.05) is 24.3 Å². The summed E-state index contributed by atoms with van der Waals surface area (Å²) in [6.45, 7) is 0. The molecule has 0 N–H and O–H groups in total. The predicted molar refractivity (Wildman–Crippen MR) is 77.8 cm³/mol. The highest BCUT2D eigenvalue weighted by molar-refractivity contribution is 6.30. The van der Waals surface area contributed by atoms with Crippen molar-refractivity contribution in [3.05, 3.63) is 70.8 Å². The van der Waals surface area contributed by atoms with E-state index in [4.69, 9.17) is 16.3 Å². The molecule has 2 rings (SSSR count). The molecule has 0 aromatic heterocycles. The fourth-order valence-corrected chi connectivity index (χ4v) is 1.75. The summed E-state index contributed by atoms with van der Waals surface area (Å²) in [5.74, 6) is 0.709. The van der Waals surface area contributed by atoms with E-state index in [1.54, 1.807) is 37.5 Å². The largest absolute Gasteiger partial charge is 0.497 e. The Labute approximate surface area is 117 Å². The summed E-state index contributed by atoms with van der Waals surface area (Å²) in [4.78, 5) is 11.9. The SMILES string of the molecule is COc1cccc(/C=C/C(=O)c2ccc(Cl)cc2)c1. The second-order valence-electron chi connectivity index (χ2n) is 3.98. The third-order valence-corrected chi connectivity index (χ3v) is 2.90. The lowest BCUT2D eigenvalue weighted by Gasteiger charge is -2.00. The molecule has 0 fully saturated rings. The summed E-state index contributed by atoms with van der Waals surface area (Å²) >= 11 is 5.78. The van der Waals surface area contributed by atoms with Crippen molar-refractivity contribution >= 4 is 23.5 Å². The first-order valence-corrected chi connectivity index (χ1v) is 6.19. The normalized spacial score (nSPS) is 10.6. The average molecular weight is 273 g/mol. The summed E-state index contributed by atoms with van der Waals surface area (Å²) in [5, 5.41) is 0.619. The molecule has 2 aromatic rings. The molecule has 96 valence electrons. The molecular weight excluding hydrogens is 260 g/mol. The second kappa shape index (κ2) is 6.21. The van der Waals surface area contributed by atoms with Gasteiger partial charge in [0.2, 0.25) is 0 Å². The smallest absolute Gasteiger partial charge is 0.185 e. The molecule has 2 aromatic carbocycles. The molecule has 0 atom stereocenters. The van der Waals surface area contributed by atoms with Gasteiger partial charge in [0, 0.05) is 10.6 Å². The molecule has 0 radical (unpaired) electrons. The molecule has 3 heteroatoms. The minimum Gasteiger partial charge on any atom is -0.497 e. The van der Waals surface area contributed by atoms with Gasteiger partial charge in [0.1, 0.15) is 5.75 Å². The van der Waals surface area contributed by atoms with Gasteiger partial charge in [-0.05, 0) is 48.0 Å². The van der Waals surface area contributed by atoms with E-state index in [0.717, 1.165) is 11.3 Å². The number of methoxy groups -OCH3 is 1. The van der Waals surface area contributed by atoms with Crippen LogP contribution >= 0.6 is 11.6 Å². The lowest BCUT2D eigenvalue weighted by Crippen LogP contribution is -1.93. The molecule has 0 heterocycles. The van der Waals surface area contributed by atoms with E-state index >= 15 is 0 Å². The van der Waals surface area contributed by atoms with Crippen LogP contribution in [0, 0.1) is 0 Å². The van der Waals surface area contributed by atoms with E-state index in [9.17, 15) is 4.79 Å². The van der Waals surface area contributed by atoms with Crippen LogP contribution in [-0.4, -0.2) is 12.9 Å². The van der Waals surface area contributed by atoms with Crippen LogP contribution in [0.3, 0.4) is 0 Å². The first-order chi connectivity index (χ1) is 9.19. The molecule has 0 unspecified atom stereocenters. The van der Waals surface area contributed by atoms with E-state index in [0.29, 0.717) is 10.6 Å². The van der Waals surface area contributed by atoms with Crippen molar-refractivity contribution in [3.63, 3.8) is 0 Å². The quantitative estimate of drug-likeness (QED) is 0.614. The van der Waals surface area contributed by atoms with Gasteiger partial charge in [-0.15, -0.1) is 0 Å². The Morgan fingerprint density at radius 1 is 1.16 bits per heavy atom. The maximum absolute atomic E-state index is 11.9. The lowest BCUT2D eigenvalue weighted by molar-refractivity contribution is 0.104. The Balaban J connectivity index is 2.13. The topological polar surface area (TPSA) is 26.3 Å². The number of carbonyl (C=O) groups is 1. The number of halogens is 1. The summed E-state index contributed by atoms with van der Waals surface area (Å²) in [6, 6.07) is 14.3. The van der Waals surface area contributed by atoms with Crippen LogP contribution in [0.5, 0.6) is 5.75 Å². The molecular formula is C16H13ClO2. The monoisotopic (exact) mass is 272 g/mol. The Kier molecular flexibility index (Phi) is 4.37. The summed E-state index contributed by atoms with van der Waals surface area (Å²) in [6.07, 6.45) is 3.30. The highest BCUT2D eigenvalue weighted by atomic mass is 35.5. The van der Waals surface area contributed by atoms with Gasteiger partial charge in [0.25, 0.3) is 0 Å². The van der Waals surface area contributed by atoms with Crippen LogP contribution < -0.4 is 4.74 Å². The Morgan fingerprint density at radius 2 is 1.89 bits per heavy atom. The van der Waals surface area contributed by atoms with Gasteiger partial charge < -0.3 is 4.74 Å². The minimum atomic E-state index is -0.0560.